The normalized spacial score (nSPS) is 11.3. The van der Waals surface area contributed by atoms with Gasteiger partial charge in [-0.25, -0.2) is 13.1 Å². The molecule has 0 saturated carbocycles. The first-order valence-electron chi connectivity index (χ1n) is 4.31. The molecule has 1 amide bonds. The summed E-state index contributed by atoms with van der Waals surface area (Å²) in [5.74, 6) is -0.280. The van der Waals surface area contributed by atoms with E-state index in [9.17, 15) is 13.2 Å². The Morgan fingerprint density at radius 2 is 2.20 bits per heavy atom. The number of amides is 1. The van der Waals surface area contributed by atoms with Crippen LogP contribution in [0, 0.1) is 0 Å². The smallest absolute Gasteiger partial charge is 0.261 e. The van der Waals surface area contributed by atoms with E-state index >= 15 is 0 Å². The molecule has 0 aliphatic carbocycles. The molecule has 1 aromatic rings. The summed E-state index contributed by atoms with van der Waals surface area (Å²) in [4.78, 5) is 11.7. The zero-order valence-corrected chi connectivity index (χ0v) is 10.0. The molecule has 0 fully saturated rings. The fraction of sp³-hybridized carbons (Fsp3) is 0.375. The molecule has 0 aliphatic rings. The summed E-state index contributed by atoms with van der Waals surface area (Å²) in [5.41, 5.74) is 0. The van der Waals surface area contributed by atoms with E-state index in [1.807, 2.05) is 0 Å². The van der Waals surface area contributed by atoms with Crippen LogP contribution < -0.4 is 10.0 Å². The van der Waals surface area contributed by atoms with Crippen LogP contribution in [0.4, 0.5) is 0 Å². The van der Waals surface area contributed by atoms with Crippen molar-refractivity contribution < 1.29 is 13.2 Å². The Morgan fingerprint density at radius 1 is 1.53 bits per heavy atom. The molecule has 15 heavy (non-hydrogen) atoms. The molecule has 0 aliphatic heterocycles. The predicted octanol–water partition coefficient (Wildman–Crippen LogP) is 0.406. The summed E-state index contributed by atoms with van der Waals surface area (Å²) in [6, 6.07) is 1.36. The first kappa shape index (κ1) is 12.2. The predicted molar refractivity (Wildman–Crippen MR) is 58.6 cm³/mol. The van der Waals surface area contributed by atoms with Crippen molar-refractivity contribution in [3.63, 3.8) is 0 Å². The van der Waals surface area contributed by atoms with Gasteiger partial charge in [-0.15, -0.1) is 11.3 Å². The monoisotopic (exact) mass is 248 g/mol. The average Bonchev–Trinajstić information content (AvgIpc) is 2.66. The van der Waals surface area contributed by atoms with Gasteiger partial charge in [-0.05, 0) is 6.07 Å². The minimum atomic E-state index is -3.45. The third-order valence-electron chi connectivity index (χ3n) is 1.67. The number of hydrogen-bond acceptors (Lipinski definition) is 4. The van der Waals surface area contributed by atoms with Crippen molar-refractivity contribution in [1.82, 2.24) is 10.0 Å². The van der Waals surface area contributed by atoms with Crippen LogP contribution >= 0.6 is 11.3 Å². The Morgan fingerprint density at radius 3 is 2.73 bits per heavy atom. The van der Waals surface area contributed by atoms with Crippen LogP contribution in [0.2, 0.25) is 0 Å². The van der Waals surface area contributed by atoms with Gasteiger partial charge in [0.15, 0.2) is 0 Å². The van der Waals surface area contributed by atoms with E-state index < -0.39 is 10.0 Å². The fourth-order valence-electron chi connectivity index (χ4n) is 0.975. The van der Waals surface area contributed by atoms with Crippen LogP contribution in [0.1, 0.15) is 16.6 Å². The molecule has 0 aromatic carbocycles. The lowest BCUT2D eigenvalue weighted by atomic mass is 10.4. The molecule has 0 radical (unpaired) electrons. The molecule has 0 unspecified atom stereocenters. The van der Waals surface area contributed by atoms with Crippen LogP contribution in [-0.4, -0.2) is 27.9 Å². The summed E-state index contributed by atoms with van der Waals surface area (Å²) in [7, 11) is -1.95. The molecule has 0 saturated heterocycles. The number of rotatable bonds is 4. The van der Waals surface area contributed by atoms with E-state index in [-0.39, 0.29) is 10.8 Å². The van der Waals surface area contributed by atoms with Crippen molar-refractivity contribution in [2.75, 3.05) is 13.6 Å². The summed E-state index contributed by atoms with van der Waals surface area (Å²) >= 11 is 1.10. The van der Waals surface area contributed by atoms with Gasteiger partial charge < -0.3 is 5.32 Å². The molecule has 5 nitrogen and oxygen atoms in total. The van der Waals surface area contributed by atoms with Gasteiger partial charge in [0.2, 0.25) is 10.0 Å². The third kappa shape index (κ3) is 2.77. The SMILES string of the molecule is CCNS(=O)(=O)c1csc(C(=O)NC)c1. The van der Waals surface area contributed by atoms with Crippen LogP contribution in [0.5, 0.6) is 0 Å². The molecule has 1 heterocycles. The summed E-state index contributed by atoms with van der Waals surface area (Å²) < 4.78 is 25.4. The van der Waals surface area contributed by atoms with Crippen molar-refractivity contribution >= 4 is 27.3 Å². The summed E-state index contributed by atoms with van der Waals surface area (Å²) in [6.07, 6.45) is 0. The van der Waals surface area contributed by atoms with Gasteiger partial charge in [-0.2, -0.15) is 0 Å². The van der Waals surface area contributed by atoms with Crippen LogP contribution in [-0.2, 0) is 10.0 Å². The second kappa shape index (κ2) is 4.73. The highest BCUT2D eigenvalue weighted by Crippen LogP contribution is 2.18. The zero-order valence-electron chi connectivity index (χ0n) is 8.40. The number of sulfonamides is 1. The lowest BCUT2D eigenvalue weighted by Crippen LogP contribution is -2.22. The highest BCUT2D eigenvalue weighted by Gasteiger charge is 2.16. The van der Waals surface area contributed by atoms with Gasteiger partial charge in [0.1, 0.15) is 0 Å². The van der Waals surface area contributed by atoms with Crippen LogP contribution in [0.25, 0.3) is 0 Å². The topological polar surface area (TPSA) is 75.3 Å². The number of carbonyl (C=O) groups excluding carboxylic acids is 1. The zero-order chi connectivity index (χ0) is 11.5. The molecular weight excluding hydrogens is 236 g/mol. The van der Waals surface area contributed by atoms with Crippen LogP contribution in [0.3, 0.4) is 0 Å². The van der Waals surface area contributed by atoms with Gasteiger partial charge >= 0.3 is 0 Å². The molecule has 84 valence electrons. The number of thiophene rings is 1. The number of carbonyl (C=O) groups is 1. The van der Waals surface area contributed by atoms with E-state index in [1.54, 1.807) is 6.92 Å². The van der Waals surface area contributed by atoms with Gasteiger partial charge in [0.25, 0.3) is 5.91 Å². The molecule has 1 rings (SSSR count). The molecule has 0 bridgehead atoms. The summed E-state index contributed by atoms with van der Waals surface area (Å²) in [6.45, 7) is 2.02. The number of hydrogen-bond donors (Lipinski definition) is 2. The van der Waals surface area contributed by atoms with E-state index in [1.165, 1.54) is 18.5 Å². The second-order valence-corrected chi connectivity index (χ2v) is 5.41. The standard InChI is InChI=1S/C8H12N2O3S2/c1-3-10-15(12,13)6-4-7(14-5-6)8(11)9-2/h4-5,10H,3H2,1-2H3,(H,9,11). The molecular formula is C8H12N2O3S2. The Hall–Kier alpha value is -0.920. The van der Waals surface area contributed by atoms with Gasteiger partial charge in [0, 0.05) is 19.0 Å². The quantitative estimate of drug-likeness (QED) is 0.810. The Balaban J connectivity index is 2.99. The summed E-state index contributed by atoms with van der Waals surface area (Å²) in [5, 5.41) is 3.88. The first-order valence-corrected chi connectivity index (χ1v) is 6.68. The van der Waals surface area contributed by atoms with Crippen molar-refractivity contribution in [2.45, 2.75) is 11.8 Å². The van der Waals surface area contributed by atoms with Gasteiger partial charge in [-0.3, -0.25) is 4.79 Å². The van der Waals surface area contributed by atoms with Crippen molar-refractivity contribution in [3.05, 3.63) is 16.3 Å². The lowest BCUT2D eigenvalue weighted by molar-refractivity contribution is 0.0967. The van der Waals surface area contributed by atoms with E-state index in [2.05, 4.69) is 10.0 Å². The second-order valence-electron chi connectivity index (χ2n) is 2.73. The van der Waals surface area contributed by atoms with Crippen molar-refractivity contribution in [2.24, 2.45) is 0 Å². The Bertz CT molecular complexity index is 450. The van der Waals surface area contributed by atoms with Crippen molar-refractivity contribution in [1.29, 1.82) is 0 Å². The maximum absolute atomic E-state index is 11.5. The highest BCUT2D eigenvalue weighted by atomic mass is 32.2. The minimum Gasteiger partial charge on any atom is -0.354 e. The van der Waals surface area contributed by atoms with Crippen LogP contribution in [0.15, 0.2) is 16.3 Å². The van der Waals surface area contributed by atoms with Crippen molar-refractivity contribution in [3.8, 4) is 0 Å². The maximum Gasteiger partial charge on any atom is 0.261 e. The minimum absolute atomic E-state index is 0.132. The van der Waals surface area contributed by atoms with E-state index in [4.69, 9.17) is 0 Å². The molecule has 2 N–H and O–H groups in total. The van der Waals surface area contributed by atoms with Gasteiger partial charge in [0.05, 0.1) is 9.77 Å². The molecule has 7 heteroatoms. The average molecular weight is 248 g/mol. The van der Waals surface area contributed by atoms with Gasteiger partial charge in [-0.1, -0.05) is 6.92 Å². The largest absolute Gasteiger partial charge is 0.354 e. The third-order valence-corrected chi connectivity index (χ3v) is 4.27. The Kier molecular flexibility index (Phi) is 3.83. The van der Waals surface area contributed by atoms with E-state index in [0.717, 1.165) is 11.3 Å². The molecule has 0 atom stereocenters. The first-order chi connectivity index (χ1) is 7.01. The highest BCUT2D eigenvalue weighted by molar-refractivity contribution is 7.89. The molecule has 1 aromatic heterocycles. The number of nitrogens with one attached hydrogen (secondary N) is 2. The molecule has 0 spiro atoms. The van der Waals surface area contributed by atoms with E-state index in [0.29, 0.717) is 11.4 Å². The Labute approximate surface area is 92.6 Å². The lowest BCUT2D eigenvalue weighted by Gasteiger charge is -1.99. The maximum atomic E-state index is 11.5. The fourth-order valence-corrected chi connectivity index (χ4v) is 3.24.